The van der Waals surface area contributed by atoms with Gasteiger partial charge in [0.1, 0.15) is 0 Å². The third-order valence-electron chi connectivity index (χ3n) is 1.76. The molecule has 1 rings (SSSR count). The minimum Gasteiger partial charge on any atom is -0.325 e. The van der Waals surface area contributed by atoms with Crippen molar-refractivity contribution in [2.75, 3.05) is 6.54 Å². The van der Waals surface area contributed by atoms with Crippen LogP contribution in [0.4, 0.5) is 14.5 Å². The first-order valence-corrected chi connectivity index (χ1v) is 3.80. The SMILES string of the molecule is NCC(F)(F)c1ccc([N+](=O)[O-])cc1. The maximum absolute atomic E-state index is 12.9. The summed E-state index contributed by atoms with van der Waals surface area (Å²) in [6, 6.07) is 4.06. The third-order valence-corrected chi connectivity index (χ3v) is 1.76. The van der Waals surface area contributed by atoms with E-state index in [2.05, 4.69) is 0 Å². The van der Waals surface area contributed by atoms with E-state index in [4.69, 9.17) is 5.73 Å². The summed E-state index contributed by atoms with van der Waals surface area (Å²) in [4.78, 5) is 9.58. The summed E-state index contributed by atoms with van der Waals surface area (Å²) in [5.41, 5.74) is 4.32. The van der Waals surface area contributed by atoms with Gasteiger partial charge in [-0.3, -0.25) is 10.1 Å². The van der Waals surface area contributed by atoms with E-state index < -0.39 is 17.4 Å². The van der Waals surface area contributed by atoms with Crippen molar-refractivity contribution in [1.29, 1.82) is 0 Å². The second kappa shape index (κ2) is 3.67. The number of nitro groups is 1. The van der Waals surface area contributed by atoms with Crippen molar-refractivity contribution >= 4 is 5.69 Å². The molecule has 0 heterocycles. The average Bonchev–Trinajstić information content (AvgIpc) is 2.18. The van der Waals surface area contributed by atoms with E-state index in [0.717, 1.165) is 24.3 Å². The molecule has 0 aliphatic heterocycles. The summed E-state index contributed by atoms with van der Waals surface area (Å²) in [5, 5.41) is 10.2. The van der Waals surface area contributed by atoms with Crippen LogP contribution in [0.1, 0.15) is 5.56 Å². The monoisotopic (exact) mass is 202 g/mol. The highest BCUT2D eigenvalue weighted by Crippen LogP contribution is 2.27. The Morgan fingerprint density at radius 3 is 2.21 bits per heavy atom. The lowest BCUT2D eigenvalue weighted by Crippen LogP contribution is -2.24. The summed E-state index contributed by atoms with van der Waals surface area (Å²) in [7, 11) is 0. The Hall–Kier alpha value is -1.56. The van der Waals surface area contributed by atoms with Crippen LogP contribution < -0.4 is 5.73 Å². The van der Waals surface area contributed by atoms with Crippen molar-refractivity contribution in [1.82, 2.24) is 0 Å². The Labute approximate surface area is 78.5 Å². The summed E-state index contributed by atoms with van der Waals surface area (Å²) in [5.74, 6) is -3.13. The Bertz CT molecular complexity index is 338. The Morgan fingerprint density at radius 2 is 1.86 bits per heavy atom. The van der Waals surface area contributed by atoms with Crippen molar-refractivity contribution in [3.63, 3.8) is 0 Å². The number of hydrogen-bond acceptors (Lipinski definition) is 3. The summed E-state index contributed by atoms with van der Waals surface area (Å²) < 4.78 is 25.8. The van der Waals surface area contributed by atoms with Gasteiger partial charge in [-0.05, 0) is 12.1 Å². The molecule has 0 amide bonds. The number of alkyl halides is 2. The first-order chi connectivity index (χ1) is 6.47. The highest BCUT2D eigenvalue weighted by Gasteiger charge is 2.29. The number of nitro benzene ring substituents is 1. The normalized spacial score (nSPS) is 11.4. The molecule has 0 radical (unpaired) electrons. The van der Waals surface area contributed by atoms with Gasteiger partial charge in [0.05, 0.1) is 11.5 Å². The van der Waals surface area contributed by atoms with Gasteiger partial charge in [-0.2, -0.15) is 8.78 Å². The first-order valence-electron chi connectivity index (χ1n) is 3.80. The van der Waals surface area contributed by atoms with Crippen LogP contribution in [0.3, 0.4) is 0 Å². The van der Waals surface area contributed by atoms with E-state index >= 15 is 0 Å². The highest BCUT2D eigenvalue weighted by atomic mass is 19.3. The molecule has 0 spiro atoms. The predicted octanol–water partition coefficient (Wildman–Crippen LogP) is 1.65. The summed E-state index contributed by atoms with van der Waals surface area (Å²) >= 11 is 0. The molecule has 0 bridgehead atoms. The quantitative estimate of drug-likeness (QED) is 0.598. The molecule has 2 N–H and O–H groups in total. The molecule has 4 nitrogen and oxygen atoms in total. The van der Waals surface area contributed by atoms with E-state index in [1.165, 1.54) is 0 Å². The van der Waals surface area contributed by atoms with E-state index in [1.807, 2.05) is 0 Å². The molecule has 0 fully saturated rings. The van der Waals surface area contributed by atoms with Crippen LogP contribution in [0.5, 0.6) is 0 Å². The van der Waals surface area contributed by atoms with Crippen molar-refractivity contribution in [2.24, 2.45) is 5.73 Å². The Morgan fingerprint density at radius 1 is 1.36 bits per heavy atom. The first kappa shape index (κ1) is 10.5. The number of benzene rings is 1. The lowest BCUT2D eigenvalue weighted by molar-refractivity contribution is -0.384. The second-order valence-electron chi connectivity index (χ2n) is 2.71. The molecule has 1 aromatic rings. The molecule has 6 heteroatoms. The van der Waals surface area contributed by atoms with Gasteiger partial charge in [-0.15, -0.1) is 0 Å². The van der Waals surface area contributed by atoms with Crippen LogP contribution in [0.15, 0.2) is 24.3 Å². The van der Waals surface area contributed by atoms with E-state index in [-0.39, 0.29) is 11.3 Å². The molecule has 0 saturated carbocycles. The Balaban J connectivity index is 2.99. The molecule has 1 aromatic carbocycles. The van der Waals surface area contributed by atoms with Gasteiger partial charge in [0.25, 0.3) is 11.6 Å². The fourth-order valence-electron chi connectivity index (χ4n) is 0.945. The lowest BCUT2D eigenvalue weighted by Gasteiger charge is -2.13. The highest BCUT2D eigenvalue weighted by molar-refractivity contribution is 5.34. The zero-order valence-corrected chi connectivity index (χ0v) is 7.11. The van der Waals surface area contributed by atoms with E-state index in [1.54, 1.807) is 0 Å². The van der Waals surface area contributed by atoms with Crippen molar-refractivity contribution in [2.45, 2.75) is 5.92 Å². The zero-order valence-electron chi connectivity index (χ0n) is 7.11. The number of halogens is 2. The topological polar surface area (TPSA) is 69.2 Å². The van der Waals surface area contributed by atoms with Crippen LogP contribution >= 0.6 is 0 Å². The standard InChI is InChI=1S/C8H8F2N2O2/c9-8(10,5-11)6-1-3-7(4-2-6)12(13)14/h1-4H,5,11H2. The predicted molar refractivity (Wildman–Crippen MR) is 46.0 cm³/mol. The summed E-state index contributed by atoms with van der Waals surface area (Å²) in [6.07, 6.45) is 0. The smallest absolute Gasteiger partial charge is 0.285 e. The van der Waals surface area contributed by atoms with Gasteiger partial charge in [0, 0.05) is 17.7 Å². The molecule has 0 atom stereocenters. The molecule has 0 saturated heterocycles. The molecule has 0 unspecified atom stereocenters. The number of nitrogens with zero attached hydrogens (tertiary/aromatic N) is 1. The van der Waals surface area contributed by atoms with Gasteiger partial charge >= 0.3 is 0 Å². The maximum atomic E-state index is 12.9. The van der Waals surface area contributed by atoms with E-state index in [0.29, 0.717) is 0 Å². The van der Waals surface area contributed by atoms with Crippen molar-refractivity contribution in [3.8, 4) is 0 Å². The molecular weight excluding hydrogens is 194 g/mol. The molecule has 14 heavy (non-hydrogen) atoms. The number of hydrogen-bond donors (Lipinski definition) is 1. The molecule has 76 valence electrons. The van der Waals surface area contributed by atoms with Crippen molar-refractivity contribution < 1.29 is 13.7 Å². The fourth-order valence-corrected chi connectivity index (χ4v) is 0.945. The van der Waals surface area contributed by atoms with Crippen LogP contribution in [0.2, 0.25) is 0 Å². The van der Waals surface area contributed by atoms with Gasteiger partial charge in [-0.1, -0.05) is 0 Å². The summed E-state index contributed by atoms with van der Waals surface area (Å²) in [6.45, 7) is -0.815. The number of non-ortho nitro benzene ring substituents is 1. The molecular formula is C8H8F2N2O2. The lowest BCUT2D eigenvalue weighted by atomic mass is 10.1. The zero-order chi connectivity index (χ0) is 10.8. The van der Waals surface area contributed by atoms with Crippen LogP contribution in [0.25, 0.3) is 0 Å². The van der Waals surface area contributed by atoms with Gasteiger partial charge in [0.2, 0.25) is 0 Å². The maximum Gasteiger partial charge on any atom is 0.285 e. The van der Waals surface area contributed by atoms with Crippen LogP contribution in [0, 0.1) is 10.1 Å². The third kappa shape index (κ3) is 2.02. The second-order valence-corrected chi connectivity index (χ2v) is 2.71. The van der Waals surface area contributed by atoms with Crippen molar-refractivity contribution in [3.05, 3.63) is 39.9 Å². The van der Waals surface area contributed by atoms with E-state index in [9.17, 15) is 18.9 Å². The number of rotatable bonds is 3. The molecule has 0 aliphatic carbocycles. The molecule has 0 aromatic heterocycles. The largest absolute Gasteiger partial charge is 0.325 e. The van der Waals surface area contributed by atoms with Gasteiger partial charge in [-0.25, -0.2) is 0 Å². The molecule has 0 aliphatic rings. The van der Waals surface area contributed by atoms with Crippen LogP contribution in [-0.2, 0) is 5.92 Å². The van der Waals surface area contributed by atoms with Gasteiger partial charge < -0.3 is 5.73 Å². The minimum atomic E-state index is -3.13. The van der Waals surface area contributed by atoms with Crippen LogP contribution in [-0.4, -0.2) is 11.5 Å². The van der Waals surface area contributed by atoms with Gasteiger partial charge in [0.15, 0.2) is 0 Å². The minimum absolute atomic E-state index is 0.221. The Kier molecular flexibility index (Phi) is 2.76. The fraction of sp³-hybridized carbons (Fsp3) is 0.250. The number of nitrogens with two attached hydrogens (primary N) is 1. The average molecular weight is 202 g/mol.